The molecule has 9 heteroatoms. The van der Waals surface area contributed by atoms with Crippen LogP contribution in [0.3, 0.4) is 0 Å². The lowest BCUT2D eigenvalue weighted by atomic mass is 10.0. The Balaban J connectivity index is 2.20. The molecule has 27 heavy (non-hydrogen) atoms. The fraction of sp³-hybridized carbons (Fsp3) is 0.0556. The number of carboxylic acid groups (broad SMARTS) is 1. The van der Waals surface area contributed by atoms with Crippen molar-refractivity contribution in [3.05, 3.63) is 75.2 Å². The van der Waals surface area contributed by atoms with Crippen molar-refractivity contribution in [2.75, 3.05) is 0 Å². The largest absolute Gasteiger partial charge is 0.477 e. The van der Waals surface area contributed by atoms with Gasteiger partial charge in [-0.3, -0.25) is 10.1 Å². The van der Waals surface area contributed by atoms with Crippen molar-refractivity contribution in [2.45, 2.75) is 16.7 Å². The fourth-order valence-corrected chi connectivity index (χ4v) is 5.20. The molecule has 0 aliphatic heterocycles. The zero-order valence-electron chi connectivity index (χ0n) is 13.9. The van der Waals surface area contributed by atoms with Crippen LogP contribution in [0.5, 0.6) is 0 Å². The molecular weight excluding hydrogens is 390 g/mol. The minimum Gasteiger partial charge on any atom is -0.477 e. The number of hydrogen-bond donors (Lipinski definition) is 1. The molecule has 0 bridgehead atoms. The third kappa shape index (κ3) is 3.46. The van der Waals surface area contributed by atoms with Gasteiger partial charge in [0, 0.05) is 0 Å². The maximum atomic E-state index is 13.0. The lowest BCUT2D eigenvalue weighted by Crippen LogP contribution is -2.04. The van der Waals surface area contributed by atoms with Crippen LogP contribution in [0.2, 0.25) is 0 Å². The van der Waals surface area contributed by atoms with Gasteiger partial charge in [-0.25, -0.2) is 13.2 Å². The number of hydrogen-bond acceptors (Lipinski definition) is 6. The van der Waals surface area contributed by atoms with Gasteiger partial charge in [0.2, 0.25) is 9.84 Å². The van der Waals surface area contributed by atoms with E-state index in [0.717, 1.165) is 17.2 Å². The molecule has 3 rings (SSSR count). The van der Waals surface area contributed by atoms with Gasteiger partial charge in [-0.05, 0) is 41.8 Å². The van der Waals surface area contributed by atoms with Gasteiger partial charge in [0.1, 0.15) is 4.88 Å². The maximum Gasteiger partial charge on any atom is 0.346 e. The van der Waals surface area contributed by atoms with Crippen LogP contribution in [-0.4, -0.2) is 24.4 Å². The van der Waals surface area contributed by atoms with Crippen molar-refractivity contribution in [3.8, 4) is 11.1 Å². The molecule has 0 atom stereocenters. The molecule has 0 spiro atoms. The second-order valence-electron chi connectivity index (χ2n) is 5.69. The minimum atomic E-state index is -4.27. The van der Waals surface area contributed by atoms with E-state index < -0.39 is 35.5 Å². The first-order chi connectivity index (χ1) is 12.7. The van der Waals surface area contributed by atoms with Crippen molar-refractivity contribution in [3.63, 3.8) is 0 Å². The number of benzene rings is 2. The van der Waals surface area contributed by atoms with E-state index in [1.807, 2.05) is 37.3 Å². The number of aromatic carboxylic acids is 1. The van der Waals surface area contributed by atoms with E-state index in [-0.39, 0.29) is 4.90 Å². The third-order valence-corrected chi connectivity index (χ3v) is 6.92. The SMILES string of the molecule is Cc1ccc(S(=O)(=O)c2cc(C(=O)O)sc2[N+](=O)[O-])cc1-c1ccccc1. The average Bonchev–Trinajstić information content (AvgIpc) is 3.09. The van der Waals surface area contributed by atoms with Crippen LogP contribution in [0.15, 0.2) is 64.4 Å². The van der Waals surface area contributed by atoms with Gasteiger partial charge in [0.25, 0.3) is 0 Å². The molecule has 0 amide bonds. The van der Waals surface area contributed by atoms with Crippen molar-refractivity contribution in [1.29, 1.82) is 0 Å². The van der Waals surface area contributed by atoms with Gasteiger partial charge >= 0.3 is 11.0 Å². The van der Waals surface area contributed by atoms with Gasteiger partial charge < -0.3 is 5.11 Å². The summed E-state index contributed by atoms with van der Waals surface area (Å²) in [6, 6.07) is 14.4. The van der Waals surface area contributed by atoms with Gasteiger partial charge in [-0.15, -0.1) is 0 Å². The highest BCUT2D eigenvalue weighted by atomic mass is 32.2. The van der Waals surface area contributed by atoms with Crippen molar-refractivity contribution < 1.29 is 23.2 Å². The van der Waals surface area contributed by atoms with Crippen LogP contribution in [0.25, 0.3) is 11.1 Å². The van der Waals surface area contributed by atoms with Gasteiger partial charge in [0.15, 0.2) is 4.90 Å². The Bertz CT molecular complexity index is 1150. The highest BCUT2D eigenvalue weighted by Crippen LogP contribution is 2.38. The molecule has 0 saturated carbocycles. The molecule has 0 fully saturated rings. The third-order valence-electron chi connectivity index (χ3n) is 3.95. The second-order valence-corrected chi connectivity index (χ2v) is 8.64. The number of carbonyl (C=O) groups is 1. The molecule has 0 aliphatic carbocycles. The maximum absolute atomic E-state index is 13.0. The van der Waals surface area contributed by atoms with Crippen molar-refractivity contribution >= 4 is 32.1 Å². The van der Waals surface area contributed by atoms with E-state index >= 15 is 0 Å². The van der Waals surface area contributed by atoms with Gasteiger partial charge in [0.05, 0.1) is 9.82 Å². The smallest absolute Gasteiger partial charge is 0.346 e. The van der Waals surface area contributed by atoms with Crippen molar-refractivity contribution in [1.82, 2.24) is 0 Å². The summed E-state index contributed by atoms with van der Waals surface area (Å²) in [4.78, 5) is 20.3. The Labute approximate surface area is 158 Å². The molecule has 1 N–H and O–H groups in total. The van der Waals surface area contributed by atoms with E-state index in [9.17, 15) is 23.3 Å². The Hall–Kier alpha value is -3.04. The topological polar surface area (TPSA) is 115 Å². The standard InChI is InChI=1S/C18H13NO6S2/c1-11-7-8-13(9-14(11)12-5-3-2-4-6-12)27(24,25)16-10-15(18(20)21)26-17(16)19(22)23/h2-10H,1H3,(H,20,21). The zero-order chi connectivity index (χ0) is 19.8. The first kappa shape index (κ1) is 18.7. The van der Waals surface area contributed by atoms with Gasteiger partial charge in [-0.1, -0.05) is 47.7 Å². The number of carboxylic acids is 1. The summed E-state index contributed by atoms with van der Waals surface area (Å²) in [6.45, 7) is 1.83. The quantitative estimate of drug-likeness (QED) is 0.505. The normalized spacial score (nSPS) is 11.3. The van der Waals surface area contributed by atoms with Crippen LogP contribution in [0.1, 0.15) is 15.2 Å². The molecule has 1 heterocycles. The van der Waals surface area contributed by atoms with E-state index in [4.69, 9.17) is 5.11 Å². The van der Waals surface area contributed by atoms with E-state index in [0.29, 0.717) is 16.9 Å². The first-order valence-electron chi connectivity index (χ1n) is 7.64. The monoisotopic (exact) mass is 403 g/mol. The summed E-state index contributed by atoms with van der Waals surface area (Å²) < 4.78 is 26.0. The van der Waals surface area contributed by atoms with Crippen LogP contribution < -0.4 is 0 Å². The molecule has 7 nitrogen and oxygen atoms in total. The summed E-state index contributed by atoms with van der Waals surface area (Å²) in [5, 5.41) is 19.6. The van der Waals surface area contributed by atoms with E-state index in [1.165, 1.54) is 12.1 Å². The van der Waals surface area contributed by atoms with Crippen molar-refractivity contribution in [2.24, 2.45) is 0 Å². The lowest BCUT2D eigenvalue weighted by molar-refractivity contribution is -0.383. The fourth-order valence-electron chi connectivity index (χ4n) is 2.61. The number of nitrogens with zero attached hydrogens (tertiary/aromatic N) is 1. The summed E-state index contributed by atoms with van der Waals surface area (Å²) in [7, 11) is -4.27. The molecule has 0 aliphatic rings. The van der Waals surface area contributed by atoms with Crippen LogP contribution >= 0.6 is 11.3 Å². The molecule has 0 saturated heterocycles. The van der Waals surface area contributed by atoms with E-state index in [2.05, 4.69) is 0 Å². The summed E-state index contributed by atoms with van der Waals surface area (Å²) in [5.74, 6) is -1.42. The number of thiophene rings is 1. The molecule has 2 aromatic carbocycles. The summed E-state index contributed by atoms with van der Waals surface area (Å²) >= 11 is 0.323. The first-order valence-corrected chi connectivity index (χ1v) is 9.94. The Morgan fingerprint density at radius 3 is 2.37 bits per heavy atom. The Morgan fingerprint density at radius 2 is 1.78 bits per heavy atom. The van der Waals surface area contributed by atoms with Gasteiger partial charge in [-0.2, -0.15) is 0 Å². The number of sulfone groups is 1. The predicted molar refractivity (Wildman–Crippen MR) is 100.0 cm³/mol. The van der Waals surface area contributed by atoms with Crippen LogP contribution in [0.4, 0.5) is 5.00 Å². The lowest BCUT2D eigenvalue weighted by Gasteiger charge is -2.09. The molecule has 0 radical (unpaired) electrons. The number of nitro groups is 1. The Kier molecular flexibility index (Phi) is 4.81. The second kappa shape index (κ2) is 6.93. The summed E-state index contributed by atoms with van der Waals surface area (Å²) in [6.07, 6.45) is 0. The molecule has 0 unspecified atom stereocenters. The molecule has 138 valence electrons. The Morgan fingerprint density at radius 1 is 1.11 bits per heavy atom. The number of aryl methyl sites for hydroxylation is 1. The predicted octanol–water partition coefficient (Wildman–Crippen LogP) is 4.16. The molecular formula is C18H13NO6S2. The zero-order valence-corrected chi connectivity index (χ0v) is 15.6. The molecule has 3 aromatic rings. The van der Waals surface area contributed by atoms with E-state index in [1.54, 1.807) is 6.07 Å². The highest BCUT2D eigenvalue weighted by molar-refractivity contribution is 7.91. The van der Waals surface area contributed by atoms with Crippen LogP contribution in [-0.2, 0) is 9.84 Å². The molecule has 1 aromatic heterocycles. The number of rotatable bonds is 5. The minimum absolute atomic E-state index is 0.134. The average molecular weight is 403 g/mol. The van der Waals surface area contributed by atoms with Crippen LogP contribution in [0, 0.1) is 17.0 Å². The summed E-state index contributed by atoms with van der Waals surface area (Å²) in [5.41, 5.74) is 2.32. The highest BCUT2D eigenvalue weighted by Gasteiger charge is 2.33.